The van der Waals surface area contributed by atoms with Crippen molar-refractivity contribution in [2.45, 2.75) is 20.0 Å². The van der Waals surface area contributed by atoms with Crippen molar-refractivity contribution in [3.63, 3.8) is 0 Å². The van der Waals surface area contributed by atoms with E-state index in [1.165, 1.54) is 36.4 Å². The largest absolute Gasteiger partial charge is 0.418 e. The number of carbonyl (C=O) groups is 2. The molecule has 0 unspecified atom stereocenters. The zero-order chi connectivity index (χ0) is 27.8. The maximum Gasteiger partial charge on any atom is 0.418 e. The number of alkyl halides is 3. The molecular weight excluding hydrogens is 520 g/mol. The third-order valence-electron chi connectivity index (χ3n) is 5.14. The summed E-state index contributed by atoms with van der Waals surface area (Å²) in [5.74, 6) is -1.91. The van der Waals surface area contributed by atoms with Crippen LogP contribution in [0, 0.1) is 0 Å². The number of halogens is 3. The van der Waals surface area contributed by atoms with Crippen molar-refractivity contribution >= 4 is 30.4 Å². The topological polar surface area (TPSA) is 93.7 Å². The van der Waals surface area contributed by atoms with Gasteiger partial charge in [0.2, 0.25) is 0 Å². The molecule has 3 aromatic rings. The third kappa shape index (κ3) is 6.98. The number of hydrogen-bond acceptors (Lipinski definition) is 5. The van der Waals surface area contributed by atoms with E-state index in [-0.39, 0.29) is 29.7 Å². The SMILES string of the molecule is CCOP(=O)(OCC)C(=C(NC(=O)c1ccccc1)C(=O)Nc1ccccc1C(F)(F)F)c1ccccc1. The molecule has 0 saturated heterocycles. The Hall–Kier alpha value is -3.72. The standard InChI is InChI=1S/C27H26F3N2O5P/c1-3-36-38(35,37-4-2)24(19-13-7-5-8-14-19)23(32-25(33)20-15-9-6-10-16-20)26(34)31-22-18-12-11-17-21(22)27(28,29)30/h5-18H,3-4H2,1-2H3,(H,31,34)(H,32,33). The molecule has 2 N–H and O–H groups in total. The van der Waals surface area contributed by atoms with Gasteiger partial charge in [0.05, 0.1) is 24.5 Å². The summed E-state index contributed by atoms with van der Waals surface area (Å²) < 4.78 is 65.9. The van der Waals surface area contributed by atoms with E-state index in [4.69, 9.17) is 9.05 Å². The van der Waals surface area contributed by atoms with Gasteiger partial charge in [0.25, 0.3) is 11.8 Å². The van der Waals surface area contributed by atoms with Crippen LogP contribution in [0.15, 0.2) is 90.6 Å². The van der Waals surface area contributed by atoms with Gasteiger partial charge in [0, 0.05) is 5.56 Å². The summed E-state index contributed by atoms with van der Waals surface area (Å²) in [6.45, 7) is 2.98. The summed E-state index contributed by atoms with van der Waals surface area (Å²) in [4.78, 5) is 26.8. The van der Waals surface area contributed by atoms with Crippen LogP contribution in [0.3, 0.4) is 0 Å². The molecule has 11 heteroatoms. The second kappa shape index (κ2) is 12.7. The smallest absolute Gasteiger partial charge is 0.320 e. The highest BCUT2D eigenvalue weighted by Gasteiger charge is 2.38. The predicted molar refractivity (Wildman–Crippen MR) is 138 cm³/mol. The molecule has 3 aromatic carbocycles. The minimum Gasteiger partial charge on any atom is -0.320 e. The van der Waals surface area contributed by atoms with Crippen LogP contribution < -0.4 is 10.6 Å². The fourth-order valence-corrected chi connectivity index (χ4v) is 5.47. The average Bonchev–Trinajstić information content (AvgIpc) is 2.89. The van der Waals surface area contributed by atoms with Gasteiger partial charge < -0.3 is 19.7 Å². The Labute approximate surface area is 218 Å². The summed E-state index contributed by atoms with van der Waals surface area (Å²) in [6.07, 6.45) is -4.77. The molecular formula is C27H26F3N2O5P. The van der Waals surface area contributed by atoms with Gasteiger partial charge in [-0.05, 0) is 43.7 Å². The Balaban J connectivity index is 2.26. The average molecular weight is 546 g/mol. The first-order chi connectivity index (χ1) is 18.1. The van der Waals surface area contributed by atoms with Gasteiger partial charge in [-0.2, -0.15) is 13.2 Å². The lowest BCUT2D eigenvalue weighted by atomic mass is 10.1. The molecule has 0 saturated carbocycles. The van der Waals surface area contributed by atoms with E-state index >= 15 is 0 Å². The van der Waals surface area contributed by atoms with Crippen molar-refractivity contribution in [2.24, 2.45) is 0 Å². The molecule has 0 aliphatic carbocycles. The van der Waals surface area contributed by atoms with E-state index < -0.39 is 42.5 Å². The van der Waals surface area contributed by atoms with Crippen molar-refractivity contribution < 1.29 is 36.4 Å². The molecule has 2 amide bonds. The molecule has 0 aromatic heterocycles. The fourth-order valence-electron chi connectivity index (χ4n) is 3.56. The fraction of sp³-hybridized carbons (Fsp3) is 0.185. The third-order valence-corrected chi connectivity index (χ3v) is 7.36. The molecule has 0 atom stereocenters. The summed E-state index contributed by atoms with van der Waals surface area (Å²) in [7, 11) is -4.28. The van der Waals surface area contributed by atoms with E-state index in [0.717, 1.165) is 12.1 Å². The van der Waals surface area contributed by atoms with Gasteiger partial charge in [0.1, 0.15) is 11.0 Å². The lowest BCUT2D eigenvalue weighted by Gasteiger charge is -2.24. The molecule has 0 radical (unpaired) electrons. The molecule has 3 rings (SSSR count). The van der Waals surface area contributed by atoms with E-state index in [1.807, 2.05) is 0 Å². The van der Waals surface area contributed by atoms with Gasteiger partial charge in [-0.3, -0.25) is 14.2 Å². The van der Waals surface area contributed by atoms with Crippen LogP contribution in [0.5, 0.6) is 0 Å². The number of anilines is 1. The first-order valence-corrected chi connectivity index (χ1v) is 13.2. The number of para-hydroxylation sites is 1. The lowest BCUT2D eigenvalue weighted by Crippen LogP contribution is -2.32. The Morgan fingerprint density at radius 2 is 1.29 bits per heavy atom. The van der Waals surface area contributed by atoms with Crippen molar-refractivity contribution in [1.82, 2.24) is 5.32 Å². The van der Waals surface area contributed by atoms with E-state index in [2.05, 4.69) is 10.6 Å². The van der Waals surface area contributed by atoms with Gasteiger partial charge >= 0.3 is 13.8 Å². The minimum absolute atomic E-state index is 0.0773. The van der Waals surface area contributed by atoms with Gasteiger partial charge in [-0.25, -0.2) is 0 Å². The highest BCUT2D eigenvalue weighted by molar-refractivity contribution is 7.65. The monoisotopic (exact) mass is 546 g/mol. The van der Waals surface area contributed by atoms with Crippen LogP contribution in [0.4, 0.5) is 18.9 Å². The number of benzene rings is 3. The Morgan fingerprint density at radius 3 is 1.82 bits per heavy atom. The quantitative estimate of drug-likeness (QED) is 0.218. The molecule has 0 aliphatic heterocycles. The highest BCUT2D eigenvalue weighted by Crippen LogP contribution is 2.61. The Kier molecular flexibility index (Phi) is 9.63. The van der Waals surface area contributed by atoms with Crippen molar-refractivity contribution in [3.05, 3.63) is 107 Å². The number of carbonyl (C=O) groups excluding carboxylic acids is 2. The summed E-state index contributed by atoms with van der Waals surface area (Å²) in [5.41, 5.74) is -1.86. The van der Waals surface area contributed by atoms with Gasteiger partial charge in [-0.1, -0.05) is 60.7 Å². The summed E-state index contributed by atoms with van der Waals surface area (Å²) >= 11 is 0. The lowest BCUT2D eigenvalue weighted by molar-refractivity contribution is -0.137. The number of hydrogen-bond donors (Lipinski definition) is 2. The molecule has 200 valence electrons. The maximum atomic E-state index is 14.0. The van der Waals surface area contributed by atoms with Crippen LogP contribution in [-0.2, 0) is 24.6 Å². The van der Waals surface area contributed by atoms with E-state index in [1.54, 1.807) is 50.2 Å². The molecule has 7 nitrogen and oxygen atoms in total. The van der Waals surface area contributed by atoms with Crippen LogP contribution in [0.2, 0.25) is 0 Å². The first-order valence-electron chi connectivity index (χ1n) is 11.6. The van der Waals surface area contributed by atoms with Crippen LogP contribution in [0.1, 0.15) is 35.3 Å². The van der Waals surface area contributed by atoms with E-state index in [9.17, 15) is 27.3 Å². The Bertz CT molecular complexity index is 1340. The molecule has 0 fully saturated rings. The summed E-state index contributed by atoms with van der Waals surface area (Å²) in [5, 5.41) is 4.37. The maximum absolute atomic E-state index is 14.0. The highest BCUT2D eigenvalue weighted by atomic mass is 31.2. The molecule has 0 heterocycles. The van der Waals surface area contributed by atoms with Crippen LogP contribution in [0.25, 0.3) is 5.31 Å². The molecule has 38 heavy (non-hydrogen) atoms. The molecule has 0 aliphatic rings. The predicted octanol–water partition coefficient (Wildman–Crippen LogP) is 6.71. The second-order valence-electron chi connectivity index (χ2n) is 7.74. The Morgan fingerprint density at radius 1 is 0.789 bits per heavy atom. The van der Waals surface area contributed by atoms with E-state index in [0.29, 0.717) is 0 Å². The van der Waals surface area contributed by atoms with Crippen molar-refractivity contribution in [2.75, 3.05) is 18.5 Å². The van der Waals surface area contributed by atoms with Gasteiger partial charge in [0.15, 0.2) is 0 Å². The zero-order valence-corrected chi connectivity index (χ0v) is 21.5. The normalized spacial score (nSPS) is 12.4. The summed E-state index contributed by atoms with van der Waals surface area (Å²) in [6, 6.07) is 20.1. The van der Waals surface area contributed by atoms with Crippen LogP contribution in [-0.4, -0.2) is 25.0 Å². The van der Waals surface area contributed by atoms with Crippen LogP contribution >= 0.6 is 7.60 Å². The van der Waals surface area contributed by atoms with Crippen molar-refractivity contribution in [3.8, 4) is 0 Å². The van der Waals surface area contributed by atoms with Crippen molar-refractivity contribution in [1.29, 1.82) is 0 Å². The molecule has 0 bridgehead atoms. The molecule has 0 spiro atoms. The second-order valence-corrected chi connectivity index (χ2v) is 9.70. The number of rotatable bonds is 10. The number of nitrogens with one attached hydrogen (secondary N) is 2. The minimum atomic E-state index is -4.77. The first kappa shape index (κ1) is 28.8. The van der Waals surface area contributed by atoms with Gasteiger partial charge in [-0.15, -0.1) is 0 Å². The zero-order valence-electron chi connectivity index (χ0n) is 20.6. The number of amides is 2.